The first-order valence-corrected chi connectivity index (χ1v) is 6.92. The summed E-state index contributed by atoms with van der Waals surface area (Å²) >= 11 is 1.34. The number of nitrogens with zero attached hydrogens (tertiary/aromatic N) is 2. The lowest BCUT2D eigenvalue weighted by molar-refractivity contribution is -0.255. The number of aromatic nitrogens is 2. The lowest BCUT2D eigenvalue weighted by Crippen LogP contribution is -2.35. The third-order valence-corrected chi connectivity index (χ3v) is 4.27. The van der Waals surface area contributed by atoms with Gasteiger partial charge in [-0.05, 0) is 11.4 Å². The summed E-state index contributed by atoms with van der Waals surface area (Å²) < 4.78 is 40.3. The Balaban J connectivity index is 2.03. The molecule has 0 spiro atoms. The number of rotatable bonds is 2. The number of carboxylic acids is 1. The highest BCUT2D eigenvalue weighted by molar-refractivity contribution is 7.10. The molecule has 2 atom stereocenters. The largest absolute Gasteiger partial charge is 0.543 e. The van der Waals surface area contributed by atoms with Crippen molar-refractivity contribution in [1.29, 1.82) is 0 Å². The third-order valence-electron chi connectivity index (χ3n) is 3.29. The van der Waals surface area contributed by atoms with Crippen LogP contribution >= 0.6 is 11.3 Å². The SMILES string of the molecule is O=C([O-])c1cc2n(n1)[C@H](C(F)(F)F)C[C@@H](c1cccs1)N2. The second-order valence-electron chi connectivity index (χ2n) is 4.65. The van der Waals surface area contributed by atoms with Crippen LogP contribution in [0.1, 0.15) is 33.9 Å². The molecule has 1 aliphatic heterocycles. The average molecular weight is 316 g/mol. The van der Waals surface area contributed by atoms with Crippen molar-refractivity contribution in [3.8, 4) is 0 Å². The van der Waals surface area contributed by atoms with Gasteiger partial charge in [0.2, 0.25) is 0 Å². The molecule has 3 heterocycles. The van der Waals surface area contributed by atoms with E-state index in [-0.39, 0.29) is 12.2 Å². The lowest BCUT2D eigenvalue weighted by Gasteiger charge is -2.32. The second-order valence-corrected chi connectivity index (χ2v) is 5.63. The number of halogens is 3. The Hall–Kier alpha value is -2.03. The van der Waals surface area contributed by atoms with E-state index < -0.39 is 29.9 Å². The van der Waals surface area contributed by atoms with E-state index in [1.807, 2.05) is 0 Å². The molecule has 0 radical (unpaired) electrons. The molecule has 0 bridgehead atoms. The highest BCUT2D eigenvalue weighted by atomic mass is 32.1. The number of thiophene rings is 1. The van der Waals surface area contributed by atoms with Gasteiger partial charge in [0.15, 0.2) is 6.04 Å². The maximum Gasteiger partial charge on any atom is 0.410 e. The van der Waals surface area contributed by atoms with E-state index in [4.69, 9.17) is 0 Å². The van der Waals surface area contributed by atoms with Gasteiger partial charge in [0.05, 0.1) is 12.0 Å². The minimum Gasteiger partial charge on any atom is -0.543 e. The van der Waals surface area contributed by atoms with Crippen LogP contribution in [0.4, 0.5) is 19.0 Å². The monoisotopic (exact) mass is 316 g/mol. The Bertz CT molecular complexity index is 666. The quantitative estimate of drug-likeness (QED) is 0.919. The first kappa shape index (κ1) is 13.9. The van der Waals surface area contributed by atoms with Crippen LogP contribution in [-0.2, 0) is 0 Å². The van der Waals surface area contributed by atoms with E-state index in [9.17, 15) is 23.1 Å². The van der Waals surface area contributed by atoms with Gasteiger partial charge in [0, 0.05) is 17.4 Å². The van der Waals surface area contributed by atoms with Gasteiger partial charge in [-0.15, -0.1) is 11.3 Å². The van der Waals surface area contributed by atoms with Gasteiger partial charge in [-0.25, -0.2) is 4.68 Å². The minimum absolute atomic E-state index is 0.0289. The molecule has 0 saturated heterocycles. The van der Waals surface area contributed by atoms with Crippen molar-refractivity contribution in [2.24, 2.45) is 0 Å². The highest BCUT2D eigenvalue weighted by Crippen LogP contribution is 2.44. The summed E-state index contributed by atoms with van der Waals surface area (Å²) in [5.41, 5.74) is -0.515. The first-order chi connectivity index (χ1) is 9.86. The number of carbonyl (C=O) groups excluding carboxylic acids is 1. The summed E-state index contributed by atoms with van der Waals surface area (Å²) in [7, 11) is 0. The fourth-order valence-electron chi connectivity index (χ4n) is 2.35. The summed E-state index contributed by atoms with van der Waals surface area (Å²) in [5.74, 6) is -1.58. The van der Waals surface area contributed by atoms with Crippen LogP contribution in [0, 0.1) is 0 Å². The normalized spacial score (nSPS) is 21.7. The predicted octanol–water partition coefficient (Wildman–Crippen LogP) is 1.97. The molecule has 3 rings (SSSR count). The molecule has 0 fully saturated rings. The third kappa shape index (κ3) is 2.48. The van der Waals surface area contributed by atoms with Gasteiger partial charge in [-0.1, -0.05) is 6.07 Å². The molecule has 2 aromatic heterocycles. The van der Waals surface area contributed by atoms with Crippen molar-refractivity contribution in [3.63, 3.8) is 0 Å². The summed E-state index contributed by atoms with van der Waals surface area (Å²) in [6, 6.07) is 2.15. The number of carbonyl (C=O) groups is 1. The van der Waals surface area contributed by atoms with Gasteiger partial charge in [0.1, 0.15) is 11.5 Å². The molecule has 2 aromatic rings. The van der Waals surface area contributed by atoms with Crippen LogP contribution in [0.3, 0.4) is 0 Å². The number of fused-ring (bicyclic) bond motifs is 1. The summed E-state index contributed by atoms with van der Waals surface area (Å²) in [5, 5.41) is 19.0. The zero-order chi connectivity index (χ0) is 15.2. The van der Waals surface area contributed by atoms with E-state index in [2.05, 4.69) is 10.4 Å². The number of hydrogen-bond donors (Lipinski definition) is 1. The zero-order valence-electron chi connectivity index (χ0n) is 10.4. The standard InChI is InChI=1S/C12H10F3N3O2S/c13-12(14,15)9-4-6(8-2-1-3-21-8)16-10-5-7(11(19)20)17-18(9)10/h1-3,5-6,9,16H,4H2,(H,19,20)/p-1/t6-,9-/m0/s1. The first-order valence-electron chi connectivity index (χ1n) is 6.04. The van der Waals surface area contributed by atoms with E-state index in [1.54, 1.807) is 17.5 Å². The van der Waals surface area contributed by atoms with Crippen LogP contribution in [0.2, 0.25) is 0 Å². The maximum atomic E-state index is 13.2. The summed E-state index contributed by atoms with van der Waals surface area (Å²) in [4.78, 5) is 11.5. The van der Waals surface area contributed by atoms with Gasteiger partial charge >= 0.3 is 6.18 Å². The molecule has 0 aliphatic carbocycles. The Labute approximate surface area is 121 Å². The zero-order valence-corrected chi connectivity index (χ0v) is 11.2. The van der Waals surface area contributed by atoms with E-state index in [0.29, 0.717) is 4.68 Å². The number of nitrogens with one attached hydrogen (secondary N) is 1. The molecule has 21 heavy (non-hydrogen) atoms. The highest BCUT2D eigenvalue weighted by Gasteiger charge is 2.46. The van der Waals surface area contributed by atoms with Crippen LogP contribution in [0.5, 0.6) is 0 Å². The Morgan fingerprint density at radius 3 is 2.86 bits per heavy atom. The van der Waals surface area contributed by atoms with Crippen molar-refractivity contribution in [1.82, 2.24) is 9.78 Å². The molecule has 0 amide bonds. The van der Waals surface area contributed by atoms with Crippen LogP contribution in [0.25, 0.3) is 0 Å². The van der Waals surface area contributed by atoms with Gasteiger partial charge < -0.3 is 15.2 Å². The van der Waals surface area contributed by atoms with Gasteiger partial charge in [0.25, 0.3) is 0 Å². The number of hydrogen-bond acceptors (Lipinski definition) is 5. The molecule has 5 nitrogen and oxygen atoms in total. The Morgan fingerprint density at radius 1 is 1.52 bits per heavy atom. The van der Waals surface area contributed by atoms with Crippen molar-refractivity contribution >= 4 is 23.1 Å². The van der Waals surface area contributed by atoms with Crippen molar-refractivity contribution in [3.05, 3.63) is 34.2 Å². The lowest BCUT2D eigenvalue weighted by atomic mass is 10.0. The molecule has 1 N–H and O–H groups in total. The molecule has 1 aliphatic rings. The van der Waals surface area contributed by atoms with E-state index >= 15 is 0 Å². The van der Waals surface area contributed by atoms with Crippen LogP contribution < -0.4 is 10.4 Å². The second kappa shape index (κ2) is 4.76. The van der Waals surface area contributed by atoms with Crippen molar-refractivity contribution in [2.75, 3.05) is 5.32 Å². The van der Waals surface area contributed by atoms with Crippen LogP contribution in [0.15, 0.2) is 23.6 Å². The molecule has 0 unspecified atom stereocenters. The summed E-state index contributed by atoms with van der Waals surface area (Å²) in [6.07, 6.45) is -4.76. The van der Waals surface area contributed by atoms with Gasteiger partial charge in [-0.3, -0.25) is 0 Å². The van der Waals surface area contributed by atoms with Crippen molar-refractivity contribution in [2.45, 2.75) is 24.7 Å². The molecule has 0 aromatic carbocycles. The fraction of sp³-hybridized carbons (Fsp3) is 0.333. The smallest absolute Gasteiger partial charge is 0.410 e. The Morgan fingerprint density at radius 2 is 2.29 bits per heavy atom. The number of alkyl halides is 3. The fourth-order valence-corrected chi connectivity index (χ4v) is 3.14. The van der Waals surface area contributed by atoms with E-state index in [1.165, 1.54) is 11.3 Å². The molecular weight excluding hydrogens is 307 g/mol. The summed E-state index contributed by atoms with van der Waals surface area (Å²) in [6.45, 7) is 0. The number of aromatic carboxylic acids is 1. The van der Waals surface area contributed by atoms with Gasteiger partial charge in [-0.2, -0.15) is 18.3 Å². The molecule has 112 valence electrons. The topological polar surface area (TPSA) is 70.0 Å². The van der Waals surface area contributed by atoms with Crippen molar-refractivity contribution < 1.29 is 23.1 Å². The molecule has 0 saturated carbocycles. The minimum atomic E-state index is -4.51. The number of carboxylic acid groups (broad SMARTS) is 1. The number of anilines is 1. The average Bonchev–Trinajstić information content (AvgIpc) is 3.05. The molecule has 9 heteroatoms. The Kier molecular flexibility index (Phi) is 3.16. The van der Waals surface area contributed by atoms with Crippen LogP contribution in [-0.4, -0.2) is 21.9 Å². The predicted molar refractivity (Wildman–Crippen MR) is 66.9 cm³/mol. The molecular formula is C12H9F3N3O2S-. The van der Waals surface area contributed by atoms with E-state index in [0.717, 1.165) is 10.9 Å². The maximum absolute atomic E-state index is 13.2.